The fourth-order valence-electron chi connectivity index (χ4n) is 2.07. The highest BCUT2D eigenvalue weighted by atomic mass is 32.2. The number of nitrogens with two attached hydrogens (primary N) is 1. The Hall–Kier alpha value is -0.640. The van der Waals surface area contributed by atoms with Crippen molar-refractivity contribution < 1.29 is 12.9 Å². The monoisotopic (exact) mass is 334 g/mol. The summed E-state index contributed by atoms with van der Waals surface area (Å²) in [6.45, 7) is 6.30. The maximum absolute atomic E-state index is 12.2. The minimum Gasteiger partial charge on any atom is -0.338 e. The number of sulfone groups is 1. The van der Waals surface area contributed by atoms with Crippen LogP contribution in [0.3, 0.4) is 0 Å². The molecule has 2 N–H and O–H groups in total. The first-order valence-corrected chi connectivity index (χ1v) is 9.76. The molecule has 1 atom stereocenters. The Bertz CT molecular complexity index is 580. The second kappa shape index (κ2) is 6.23. The first kappa shape index (κ1) is 16.7. The molecular weight excluding hydrogens is 312 g/mol. The zero-order valence-electron chi connectivity index (χ0n) is 12.6. The van der Waals surface area contributed by atoms with E-state index >= 15 is 0 Å². The number of nitrogens with zero attached hydrogens (tertiary/aromatic N) is 3. The molecule has 1 aromatic rings. The van der Waals surface area contributed by atoms with Crippen LogP contribution in [0.4, 0.5) is 0 Å². The van der Waals surface area contributed by atoms with Gasteiger partial charge in [-0.25, -0.2) is 8.42 Å². The van der Waals surface area contributed by atoms with Crippen LogP contribution >= 0.6 is 11.8 Å². The highest BCUT2D eigenvalue weighted by Crippen LogP contribution is 2.23. The molecule has 0 aliphatic carbocycles. The van der Waals surface area contributed by atoms with E-state index in [1.54, 1.807) is 32.5 Å². The molecule has 1 saturated heterocycles. The molecule has 1 aliphatic rings. The van der Waals surface area contributed by atoms with Crippen molar-refractivity contribution in [2.75, 3.05) is 23.8 Å². The topological polar surface area (TPSA) is 102 Å². The van der Waals surface area contributed by atoms with Crippen LogP contribution in [0, 0.1) is 0 Å². The lowest BCUT2D eigenvalue weighted by Gasteiger charge is -2.33. The molecule has 0 spiro atoms. The molecule has 1 unspecified atom stereocenters. The summed E-state index contributed by atoms with van der Waals surface area (Å²) in [6.07, 6.45) is 0. The average Bonchev–Trinajstić information content (AvgIpc) is 2.88. The maximum Gasteiger partial charge on any atom is 0.240 e. The van der Waals surface area contributed by atoms with Crippen LogP contribution in [0.25, 0.3) is 0 Å². The van der Waals surface area contributed by atoms with Crippen LogP contribution in [-0.4, -0.2) is 52.6 Å². The van der Waals surface area contributed by atoms with Crippen molar-refractivity contribution in [2.24, 2.45) is 5.73 Å². The molecule has 0 bridgehead atoms. The molecule has 0 amide bonds. The third-order valence-corrected chi connectivity index (χ3v) is 6.72. The molecule has 1 aliphatic heterocycles. The van der Waals surface area contributed by atoms with Crippen LogP contribution < -0.4 is 5.73 Å². The van der Waals surface area contributed by atoms with Gasteiger partial charge in [-0.1, -0.05) is 12.1 Å². The molecule has 0 aromatic carbocycles. The molecule has 9 heteroatoms. The number of thioether (sulfide) groups is 1. The Morgan fingerprint density at radius 2 is 2.24 bits per heavy atom. The third kappa shape index (κ3) is 3.97. The molecule has 1 fully saturated rings. The number of hydrogen-bond donors (Lipinski definition) is 1. The van der Waals surface area contributed by atoms with E-state index in [0.29, 0.717) is 30.6 Å². The minimum atomic E-state index is -3.12. The molecule has 0 radical (unpaired) electrons. The van der Waals surface area contributed by atoms with E-state index < -0.39 is 20.8 Å². The van der Waals surface area contributed by atoms with Gasteiger partial charge in [0.15, 0.2) is 15.7 Å². The Kier molecular flexibility index (Phi) is 4.96. The van der Waals surface area contributed by atoms with Crippen LogP contribution in [0.15, 0.2) is 4.52 Å². The van der Waals surface area contributed by atoms with Crippen molar-refractivity contribution in [1.29, 1.82) is 0 Å². The fraction of sp³-hybridized carbons (Fsp3) is 0.833. The predicted molar refractivity (Wildman–Crippen MR) is 82.5 cm³/mol. The summed E-state index contributed by atoms with van der Waals surface area (Å²) >= 11 is 1.66. The van der Waals surface area contributed by atoms with Gasteiger partial charge in [0.1, 0.15) is 5.37 Å². The lowest BCUT2D eigenvalue weighted by Crippen LogP contribution is -2.47. The minimum absolute atomic E-state index is 0.139. The van der Waals surface area contributed by atoms with Crippen LogP contribution in [-0.2, 0) is 21.9 Å². The zero-order valence-corrected chi connectivity index (χ0v) is 14.2. The van der Waals surface area contributed by atoms with Gasteiger partial charge in [0, 0.05) is 23.8 Å². The van der Waals surface area contributed by atoms with Crippen molar-refractivity contribution in [3.8, 4) is 0 Å². The van der Waals surface area contributed by atoms with Gasteiger partial charge in [-0.2, -0.15) is 16.7 Å². The van der Waals surface area contributed by atoms with Gasteiger partial charge in [0.2, 0.25) is 5.89 Å². The summed E-state index contributed by atoms with van der Waals surface area (Å²) in [5.74, 6) is 2.46. The van der Waals surface area contributed by atoms with Crippen LogP contribution in [0.1, 0.15) is 32.5 Å². The van der Waals surface area contributed by atoms with Crippen LogP contribution in [0.2, 0.25) is 0 Å². The molecular formula is C12H22N4O3S2. The van der Waals surface area contributed by atoms with E-state index in [2.05, 4.69) is 10.1 Å². The standard InChI is InChI=1S/C12H22N4O3S2/c1-4-21(17,18)10-8-20-6-5-16(10)7-9-14-11(15-19-9)12(2,3)13/h10H,4-8,13H2,1-3H3. The highest BCUT2D eigenvalue weighted by molar-refractivity contribution is 8.01. The SMILES string of the molecule is CCS(=O)(=O)C1CSCCN1Cc1nc(C(C)(C)N)no1. The first-order chi connectivity index (χ1) is 9.74. The second-order valence-corrected chi connectivity index (χ2v) is 9.28. The molecule has 2 rings (SSSR count). The second-order valence-electron chi connectivity index (χ2n) is 5.68. The number of hydrogen-bond acceptors (Lipinski definition) is 8. The lowest BCUT2D eigenvalue weighted by atomic mass is 10.1. The fourth-order valence-corrected chi connectivity index (χ4v) is 5.15. The molecule has 120 valence electrons. The Balaban J connectivity index is 2.15. The number of aromatic nitrogens is 2. The van der Waals surface area contributed by atoms with Crippen molar-refractivity contribution in [1.82, 2.24) is 15.0 Å². The quantitative estimate of drug-likeness (QED) is 0.834. The van der Waals surface area contributed by atoms with Gasteiger partial charge in [0.05, 0.1) is 12.1 Å². The smallest absolute Gasteiger partial charge is 0.240 e. The summed E-state index contributed by atoms with van der Waals surface area (Å²) in [6, 6.07) is 0. The van der Waals surface area contributed by atoms with Gasteiger partial charge in [-0.15, -0.1) is 0 Å². The van der Waals surface area contributed by atoms with Gasteiger partial charge in [-0.3, -0.25) is 4.90 Å². The summed E-state index contributed by atoms with van der Waals surface area (Å²) in [7, 11) is -3.12. The van der Waals surface area contributed by atoms with E-state index in [1.165, 1.54) is 0 Å². The first-order valence-electron chi connectivity index (χ1n) is 6.89. The van der Waals surface area contributed by atoms with Crippen LogP contribution in [0.5, 0.6) is 0 Å². The van der Waals surface area contributed by atoms with E-state index in [4.69, 9.17) is 10.3 Å². The Labute approximate surface area is 129 Å². The van der Waals surface area contributed by atoms with Crippen molar-refractivity contribution in [3.63, 3.8) is 0 Å². The third-order valence-electron chi connectivity index (χ3n) is 3.39. The predicted octanol–water partition coefficient (Wildman–Crippen LogP) is 0.573. The summed E-state index contributed by atoms with van der Waals surface area (Å²) in [5, 5.41) is 3.38. The van der Waals surface area contributed by atoms with Crippen molar-refractivity contribution in [3.05, 3.63) is 11.7 Å². The van der Waals surface area contributed by atoms with Gasteiger partial charge < -0.3 is 10.3 Å². The van der Waals surface area contributed by atoms with Gasteiger partial charge >= 0.3 is 0 Å². The van der Waals surface area contributed by atoms with E-state index in [9.17, 15) is 8.42 Å². The van der Waals surface area contributed by atoms with Gasteiger partial charge in [-0.05, 0) is 13.8 Å². The molecule has 2 heterocycles. The summed E-state index contributed by atoms with van der Waals surface area (Å²) in [4.78, 5) is 6.17. The van der Waals surface area contributed by atoms with Crippen molar-refractivity contribution in [2.45, 2.75) is 38.2 Å². The largest absolute Gasteiger partial charge is 0.338 e. The molecule has 7 nitrogen and oxygen atoms in total. The molecule has 1 aromatic heterocycles. The zero-order chi connectivity index (χ0) is 15.7. The van der Waals surface area contributed by atoms with Gasteiger partial charge in [0.25, 0.3) is 0 Å². The summed E-state index contributed by atoms with van der Waals surface area (Å²) < 4.78 is 29.6. The normalized spacial score (nSPS) is 21.6. The van der Waals surface area contributed by atoms with E-state index in [-0.39, 0.29) is 5.75 Å². The lowest BCUT2D eigenvalue weighted by molar-refractivity contribution is 0.222. The maximum atomic E-state index is 12.2. The van der Waals surface area contributed by atoms with Crippen molar-refractivity contribution >= 4 is 21.6 Å². The van der Waals surface area contributed by atoms with E-state index in [1.807, 2.05) is 4.90 Å². The van der Waals surface area contributed by atoms with E-state index in [0.717, 1.165) is 5.75 Å². The Morgan fingerprint density at radius 1 is 1.52 bits per heavy atom. The molecule has 0 saturated carbocycles. The Morgan fingerprint density at radius 3 is 2.81 bits per heavy atom. The average molecular weight is 334 g/mol. The summed E-state index contributed by atoms with van der Waals surface area (Å²) in [5.41, 5.74) is 5.25. The number of rotatable bonds is 5. The molecule has 21 heavy (non-hydrogen) atoms. The highest BCUT2D eigenvalue weighted by Gasteiger charge is 2.34.